The van der Waals surface area contributed by atoms with Crippen molar-refractivity contribution in [2.75, 3.05) is 38.6 Å². The summed E-state index contributed by atoms with van der Waals surface area (Å²) in [6.45, 7) is 1.37. The first kappa shape index (κ1) is 12.4. The van der Waals surface area contributed by atoms with E-state index in [4.69, 9.17) is 0 Å². The van der Waals surface area contributed by atoms with Crippen LogP contribution >= 0.6 is 0 Å². The van der Waals surface area contributed by atoms with Crippen molar-refractivity contribution in [2.24, 2.45) is 0 Å². The lowest BCUT2D eigenvalue weighted by Crippen LogP contribution is -2.39. The van der Waals surface area contributed by atoms with E-state index in [0.717, 1.165) is 5.69 Å². The second kappa shape index (κ2) is 5.08. The summed E-state index contributed by atoms with van der Waals surface area (Å²) in [5.41, 5.74) is 0.877. The number of likely N-dealkylation sites (N-methyl/N-ethyl adjacent to an activating group) is 1. The van der Waals surface area contributed by atoms with Gasteiger partial charge in [0.1, 0.15) is 6.54 Å². The molecule has 0 saturated carbocycles. The molecule has 0 radical (unpaired) electrons. The normalized spacial score (nSPS) is 15.1. The summed E-state index contributed by atoms with van der Waals surface area (Å²) in [5, 5.41) is 0. The van der Waals surface area contributed by atoms with Gasteiger partial charge in [-0.25, -0.2) is 4.79 Å². The first-order valence-corrected chi connectivity index (χ1v) is 5.91. The van der Waals surface area contributed by atoms with Gasteiger partial charge in [0.05, 0.1) is 0 Å². The van der Waals surface area contributed by atoms with Crippen LogP contribution in [0.2, 0.25) is 0 Å². The summed E-state index contributed by atoms with van der Waals surface area (Å²) in [6, 6.07) is 9.41. The Morgan fingerprint density at radius 1 is 1.22 bits per heavy atom. The Morgan fingerprint density at radius 3 is 2.50 bits per heavy atom. The molecule has 0 aliphatic carbocycles. The molecule has 0 bridgehead atoms. The first-order valence-electron chi connectivity index (χ1n) is 5.91. The molecule has 0 unspecified atom stereocenters. The number of carbonyl (C=O) groups excluding carboxylic acids is 2. The second-order valence-corrected chi connectivity index (χ2v) is 4.48. The highest BCUT2D eigenvalue weighted by molar-refractivity contribution is 5.96. The Morgan fingerprint density at radius 2 is 1.89 bits per heavy atom. The molecule has 1 aromatic rings. The van der Waals surface area contributed by atoms with Gasteiger partial charge < -0.3 is 9.80 Å². The van der Waals surface area contributed by atoms with Crippen molar-refractivity contribution in [1.29, 1.82) is 0 Å². The summed E-state index contributed by atoms with van der Waals surface area (Å²) in [5.74, 6) is -0.0572. The van der Waals surface area contributed by atoms with E-state index in [2.05, 4.69) is 0 Å². The molecule has 0 atom stereocenters. The Balaban J connectivity index is 2.04. The molecule has 1 aliphatic heterocycles. The number of hydrogen-bond acceptors (Lipinski definition) is 2. The third-order valence-corrected chi connectivity index (χ3v) is 2.99. The van der Waals surface area contributed by atoms with Crippen LogP contribution in [0.4, 0.5) is 10.5 Å². The molecule has 1 aliphatic rings. The summed E-state index contributed by atoms with van der Waals surface area (Å²) in [4.78, 5) is 28.5. The van der Waals surface area contributed by atoms with Gasteiger partial charge in [-0.2, -0.15) is 0 Å². The van der Waals surface area contributed by atoms with Gasteiger partial charge >= 0.3 is 6.03 Å². The molecule has 18 heavy (non-hydrogen) atoms. The number of para-hydroxylation sites is 1. The maximum Gasteiger partial charge on any atom is 0.325 e. The molecular formula is C13H17N3O2. The Hall–Kier alpha value is -2.04. The molecule has 1 saturated heterocycles. The largest absolute Gasteiger partial charge is 0.347 e. The van der Waals surface area contributed by atoms with Gasteiger partial charge in [-0.1, -0.05) is 18.2 Å². The van der Waals surface area contributed by atoms with Crippen molar-refractivity contribution in [2.45, 2.75) is 0 Å². The van der Waals surface area contributed by atoms with Gasteiger partial charge in [-0.15, -0.1) is 0 Å². The fraction of sp³-hybridized carbons (Fsp3) is 0.385. The van der Waals surface area contributed by atoms with Gasteiger partial charge in [0.15, 0.2) is 0 Å². The van der Waals surface area contributed by atoms with E-state index >= 15 is 0 Å². The fourth-order valence-electron chi connectivity index (χ4n) is 1.88. The van der Waals surface area contributed by atoms with Crippen molar-refractivity contribution in [3.63, 3.8) is 0 Å². The Kier molecular flexibility index (Phi) is 3.50. The monoisotopic (exact) mass is 247 g/mol. The summed E-state index contributed by atoms with van der Waals surface area (Å²) < 4.78 is 0. The lowest BCUT2D eigenvalue weighted by Gasteiger charge is -2.19. The number of nitrogens with zero attached hydrogens (tertiary/aromatic N) is 3. The van der Waals surface area contributed by atoms with Crippen LogP contribution in [0.25, 0.3) is 0 Å². The summed E-state index contributed by atoms with van der Waals surface area (Å²) in [7, 11) is 3.38. The summed E-state index contributed by atoms with van der Waals surface area (Å²) in [6.07, 6.45) is 0. The van der Waals surface area contributed by atoms with Gasteiger partial charge in [-0.05, 0) is 12.1 Å². The number of benzene rings is 1. The van der Waals surface area contributed by atoms with E-state index in [0.29, 0.717) is 13.1 Å². The molecule has 5 heteroatoms. The van der Waals surface area contributed by atoms with E-state index in [1.54, 1.807) is 23.9 Å². The van der Waals surface area contributed by atoms with E-state index < -0.39 is 0 Å². The van der Waals surface area contributed by atoms with Crippen molar-refractivity contribution in [1.82, 2.24) is 9.80 Å². The van der Waals surface area contributed by atoms with Crippen molar-refractivity contribution in [3.8, 4) is 0 Å². The van der Waals surface area contributed by atoms with E-state index in [1.165, 1.54) is 4.90 Å². The zero-order valence-corrected chi connectivity index (χ0v) is 10.7. The second-order valence-electron chi connectivity index (χ2n) is 4.48. The van der Waals surface area contributed by atoms with E-state index in [1.807, 2.05) is 30.3 Å². The number of anilines is 1. The lowest BCUT2D eigenvalue weighted by molar-refractivity contribution is -0.129. The average Bonchev–Trinajstić information content (AvgIpc) is 2.72. The van der Waals surface area contributed by atoms with Gasteiger partial charge in [-0.3, -0.25) is 9.69 Å². The minimum atomic E-state index is -0.101. The van der Waals surface area contributed by atoms with Crippen LogP contribution in [0.5, 0.6) is 0 Å². The lowest BCUT2D eigenvalue weighted by atomic mass is 10.3. The van der Waals surface area contributed by atoms with Gasteiger partial charge in [0, 0.05) is 32.9 Å². The number of rotatable bonds is 3. The third-order valence-electron chi connectivity index (χ3n) is 2.99. The molecule has 0 N–H and O–H groups in total. The maximum absolute atomic E-state index is 12.1. The molecule has 1 aromatic carbocycles. The molecule has 96 valence electrons. The van der Waals surface area contributed by atoms with Crippen LogP contribution < -0.4 is 4.90 Å². The minimum Gasteiger partial charge on any atom is -0.347 e. The smallest absolute Gasteiger partial charge is 0.325 e. The molecular weight excluding hydrogens is 230 g/mol. The molecule has 2 rings (SSSR count). The van der Waals surface area contributed by atoms with Crippen molar-refractivity contribution in [3.05, 3.63) is 30.3 Å². The molecule has 0 aromatic heterocycles. The molecule has 3 amide bonds. The number of urea groups is 1. The highest BCUT2D eigenvalue weighted by Gasteiger charge is 2.30. The van der Waals surface area contributed by atoms with Gasteiger partial charge in [0.25, 0.3) is 0 Å². The Labute approximate surface area is 107 Å². The number of amides is 3. The van der Waals surface area contributed by atoms with Crippen LogP contribution in [0.3, 0.4) is 0 Å². The fourth-order valence-corrected chi connectivity index (χ4v) is 1.88. The summed E-state index contributed by atoms with van der Waals surface area (Å²) >= 11 is 0. The first-order chi connectivity index (χ1) is 8.59. The van der Waals surface area contributed by atoms with Crippen LogP contribution in [0, 0.1) is 0 Å². The molecule has 1 heterocycles. The topological polar surface area (TPSA) is 43.9 Å². The van der Waals surface area contributed by atoms with Crippen LogP contribution in [-0.2, 0) is 4.79 Å². The predicted molar refractivity (Wildman–Crippen MR) is 69.5 cm³/mol. The number of carbonyl (C=O) groups is 2. The zero-order chi connectivity index (χ0) is 13.1. The average molecular weight is 247 g/mol. The SMILES string of the molecule is CN(C)C(=O)CN1CCN(c2ccccc2)C1=O. The number of hydrogen-bond donors (Lipinski definition) is 0. The Bertz CT molecular complexity index is 445. The van der Waals surface area contributed by atoms with Crippen LogP contribution in [0.1, 0.15) is 0 Å². The predicted octanol–water partition coefficient (Wildman–Crippen LogP) is 1.02. The van der Waals surface area contributed by atoms with Crippen LogP contribution in [-0.4, -0.2) is 55.5 Å². The van der Waals surface area contributed by atoms with Crippen molar-refractivity contribution < 1.29 is 9.59 Å². The van der Waals surface area contributed by atoms with Crippen LogP contribution in [0.15, 0.2) is 30.3 Å². The van der Waals surface area contributed by atoms with Gasteiger partial charge in [0.2, 0.25) is 5.91 Å². The zero-order valence-electron chi connectivity index (χ0n) is 10.7. The maximum atomic E-state index is 12.1. The molecule has 5 nitrogen and oxygen atoms in total. The standard InChI is InChI=1S/C13H17N3O2/c1-14(2)12(17)10-15-8-9-16(13(15)18)11-6-4-3-5-7-11/h3-7H,8-10H2,1-2H3. The van der Waals surface area contributed by atoms with Crippen molar-refractivity contribution >= 4 is 17.6 Å². The third kappa shape index (κ3) is 2.45. The highest BCUT2D eigenvalue weighted by Crippen LogP contribution is 2.19. The molecule has 0 spiro atoms. The van der Waals surface area contributed by atoms with E-state index in [9.17, 15) is 9.59 Å². The quantitative estimate of drug-likeness (QED) is 0.800. The van der Waals surface area contributed by atoms with E-state index in [-0.39, 0.29) is 18.5 Å². The highest BCUT2D eigenvalue weighted by atomic mass is 16.2. The molecule has 1 fully saturated rings. The minimum absolute atomic E-state index is 0.0572.